The number of hydrogen-bond acceptors (Lipinski definition) is 4. The van der Waals surface area contributed by atoms with E-state index >= 15 is 0 Å². The van der Waals surface area contributed by atoms with Crippen LogP contribution in [0.2, 0.25) is 0 Å². The number of carbonyl (C=O) groups excluding carboxylic acids is 1. The molecule has 1 aliphatic heterocycles. The highest BCUT2D eigenvalue weighted by Crippen LogP contribution is 2.26. The zero-order chi connectivity index (χ0) is 14.5. The second-order valence-corrected chi connectivity index (χ2v) is 7.55. The third-order valence-corrected chi connectivity index (χ3v) is 5.52. The monoisotopic (exact) mass is 308 g/mol. The van der Waals surface area contributed by atoms with Gasteiger partial charge in [-0.3, -0.25) is 9.79 Å². The topological polar surface area (TPSA) is 32.7 Å². The van der Waals surface area contributed by atoms with E-state index in [1.807, 2.05) is 26.1 Å². The molecule has 108 valence electrons. The zero-order valence-corrected chi connectivity index (χ0v) is 13.8. The Morgan fingerprint density at radius 1 is 1.50 bits per heavy atom. The number of benzene rings is 1. The van der Waals surface area contributed by atoms with Crippen LogP contribution in [0.25, 0.3) is 0 Å². The van der Waals surface area contributed by atoms with Crippen LogP contribution in [0.5, 0.6) is 0 Å². The summed E-state index contributed by atoms with van der Waals surface area (Å²) in [4.78, 5) is 18.6. The highest BCUT2D eigenvalue weighted by atomic mass is 32.2. The van der Waals surface area contributed by atoms with Crippen molar-refractivity contribution in [2.45, 2.75) is 25.6 Å². The number of thioether (sulfide) groups is 2. The van der Waals surface area contributed by atoms with Crippen LogP contribution >= 0.6 is 23.5 Å². The first-order valence-electron chi connectivity index (χ1n) is 6.71. The molecule has 0 N–H and O–H groups in total. The Labute approximate surface area is 129 Å². The molecule has 5 heteroatoms. The summed E-state index contributed by atoms with van der Waals surface area (Å²) in [6.45, 7) is 5.58. The first-order chi connectivity index (χ1) is 9.58. The molecule has 0 fully saturated rings. The minimum Gasteiger partial charge on any atom is -0.340 e. The van der Waals surface area contributed by atoms with Crippen molar-refractivity contribution in [1.82, 2.24) is 4.90 Å². The number of nitrogens with zero attached hydrogens (tertiary/aromatic N) is 2. The average molecular weight is 308 g/mol. The lowest BCUT2D eigenvalue weighted by atomic mass is 10.1. The molecule has 0 aromatic heterocycles. The predicted molar refractivity (Wildman–Crippen MR) is 89.5 cm³/mol. The second kappa shape index (κ2) is 7.18. The van der Waals surface area contributed by atoms with Gasteiger partial charge < -0.3 is 4.90 Å². The van der Waals surface area contributed by atoms with Crippen LogP contribution < -0.4 is 0 Å². The lowest BCUT2D eigenvalue weighted by molar-refractivity contribution is -0.129. The number of aryl methyl sites for hydroxylation is 1. The van der Waals surface area contributed by atoms with Crippen molar-refractivity contribution in [3.8, 4) is 0 Å². The number of aliphatic imine (C=N–C) groups is 1. The van der Waals surface area contributed by atoms with Gasteiger partial charge in [-0.25, -0.2) is 0 Å². The molecule has 0 aliphatic carbocycles. The molecule has 2 rings (SSSR count). The SMILES string of the molecule is Cc1ccccc1CN(C)C(=O)[C@@H](C)SC1=NCCS1. The standard InChI is InChI=1S/C15H20N2OS2/c1-11-6-4-5-7-13(11)10-17(3)14(18)12(2)20-15-16-8-9-19-15/h4-7,12H,8-10H2,1-3H3/t12-/m1/s1. The van der Waals surface area contributed by atoms with Crippen LogP contribution in [-0.2, 0) is 11.3 Å². The Morgan fingerprint density at radius 2 is 2.25 bits per heavy atom. The van der Waals surface area contributed by atoms with Gasteiger partial charge in [-0.2, -0.15) is 0 Å². The van der Waals surface area contributed by atoms with E-state index in [4.69, 9.17) is 0 Å². The largest absolute Gasteiger partial charge is 0.340 e. The molecule has 1 heterocycles. The molecular weight excluding hydrogens is 288 g/mol. The van der Waals surface area contributed by atoms with E-state index in [-0.39, 0.29) is 11.2 Å². The lowest BCUT2D eigenvalue weighted by Gasteiger charge is -2.22. The van der Waals surface area contributed by atoms with Crippen LogP contribution in [0.3, 0.4) is 0 Å². The molecule has 20 heavy (non-hydrogen) atoms. The van der Waals surface area contributed by atoms with E-state index in [9.17, 15) is 4.79 Å². The predicted octanol–water partition coefficient (Wildman–Crippen LogP) is 3.18. The molecule has 1 atom stereocenters. The highest BCUT2D eigenvalue weighted by Gasteiger charge is 2.22. The van der Waals surface area contributed by atoms with Crippen molar-refractivity contribution >= 4 is 33.8 Å². The van der Waals surface area contributed by atoms with Crippen molar-refractivity contribution in [1.29, 1.82) is 0 Å². The maximum Gasteiger partial charge on any atom is 0.235 e. The normalized spacial score (nSPS) is 15.8. The fraction of sp³-hybridized carbons (Fsp3) is 0.467. The summed E-state index contributed by atoms with van der Waals surface area (Å²) >= 11 is 3.33. The molecule has 0 bridgehead atoms. The first-order valence-corrected chi connectivity index (χ1v) is 8.58. The van der Waals surface area contributed by atoms with Gasteiger partial charge in [0.25, 0.3) is 0 Å². The van der Waals surface area contributed by atoms with Gasteiger partial charge in [-0.15, -0.1) is 0 Å². The Hall–Kier alpha value is -0.940. The molecule has 0 saturated heterocycles. The molecule has 1 aromatic carbocycles. The van der Waals surface area contributed by atoms with Crippen LogP contribution in [0.1, 0.15) is 18.1 Å². The van der Waals surface area contributed by atoms with E-state index < -0.39 is 0 Å². The quantitative estimate of drug-likeness (QED) is 0.856. The van der Waals surface area contributed by atoms with Crippen molar-refractivity contribution in [3.05, 3.63) is 35.4 Å². The summed E-state index contributed by atoms with van der Waals surface area (Å²) < 4.78 is 1.05. The Morgan fingerprint density at radius 3 is 2.90 bits per heavy atom. The summed E-state index contributed by atoms with van der Waals surface area (Å²) in [5.41, 5.74) is 2.43. The second-order valence-electron chi connectivity index (χ2n) is 4.88. The molecule has 1 aliphatic rings. The minimum atomic E-state index is -0.0756. The van der Waals surface area contributed by atoms with Gasteiger partial charge in [0, 0.05) is 19.3 Å². The maximum absolute atomic E-state index is 12.4. The molecule has 1 aromatic rings. The number of rotatable bonds is 4. The smallest absolute Gasteiger partial charge is 0.235 e. The summed E-state index contributed by atoms with van der Waals surface area (Å²) in [7, 11) is 1.87. The molecule has 0 unspecified atom stereocenters. The number of hydrogen-bond donors (Lipinski definition) is 0. The summed E-state index contributed by atoms with van der Waals surface area (Å²) in [5.74, 6) is 1.20. The average Bonchev–Trinajstić information content (AvgIpc) is 2.93. The molecular formula is C15H20N2OS2. The highest BCUT2D eigenvalue weighted by molar-refractivity contribution is 8.39. The van der Waals surface area contributed by atoms with Gasteiger partial charge in [-0.05, 0) is 25.0 Å². The van der Waals surface area contributed by atoms with E-state index in [1.54, 1.807) is 28.4 Å². The van der Waals surface area contributed by atoms with E-state index in [0.717, 1.165) is 16.7 Å². The van der Waals surface area contributed by atoms with Crippen LogP contribution in [0.15, 0.2) is 29.3 Å². The minimum absolute atomic E-state index is 0.0756. The number of carbonyl (C=O) groups is 1. The van der Waals surface area contributed by atoms with E-state index in [2.05, 4.69) is 24.0 Å². The fourth-order valence-corrected chi connectivity index (χ4v) is 4.26. The van der Waals surface area contributed by atoms with Crippen molar-refractivity contribution in [2.75, 3.05) is 19.3 Å². The van der Waals surface area contributed by atoms with Gasteiger partial charge in [0.1, 0.15) is 4.38 Å². The maximum atomic E-state index is 12.4. The number of amides is 1. The fourth-order valence-electron chi connectivity index (χ4n) is 2.02. The summed E-state index contributed by atoms with van der Waals surface area (Å²) in [6, 6.07) is 8.20. The van der Waals surface area contributed by atoms with Crippen LogP contribution in [0, 0.1) is 6.92 Å². The van der Waals surface area contributed by atoms with Gasteiger partial charge >= 0.3 is 0 Å². The Bertz CT molecular complexity index is 516. The Balaban J connectivity index is 1.92. The van der Waals surface area contributed by atoms with E-state index in [1.165, 1.54) is 11.1 Å². The van der Waals surface area contributed by atoms with Gasteiger partial charge in [0.15, 0.2) is 0 Å². The van der Waals surface area contributed by atoms with Crippen molar-refractivity contribution in [2.24, 2.45) is 4.99 Å². The zero-order valence-electron chi connectivity index (χ0n) is 12.1. The van der Waals surface area contributed by atoms with Gasteiger partial charge in [0.05, 0.1) is 11.8 Å². The molecule has 0 spiro atoms. The summed E-state index contributed by atoms with van der Waals surface area (Å²) in [6.07, 6.45) is 0. The third kappa shape index (κ3) is 4.03. The van der Waals surface area contributed by atoms with Crippen molar-refractivity contribution < 1.29 is 4.79 Å². The van der Waals surface area contributed by atoms with Crippen LogP contribution in [0.4, 0.5) is 0 Å². The van der Waals surface area contributed by atoms with E-state index in [0.29, 0.717) is 6.54 Å². The molecule has 1 amide bonds. The lowest BCUT2D eigenvalue weighted by Crippen LogP contribution is -2.33. The van der Waals surface area contributed by atoms with Gasteiger partial charge in [0.2, 0.25) is 5.91 Å². The first kappa shape index (κ1) is 15.4. The van der Waals surface area contributed by atoms with Crippen molar-refractivity contribution in [3.63, 3.8) is 0 Å². The van der Waals surface area contributed by atoms with Gasteiger partial charge in [-0.1, -0.05) is 47.8 Å². The van der Waals surface area contributed by atoms with Crippen LogP contribution in [-0.4, -0.2) is 39.8 Å². The third-order valence-electron chi connectivity index (χ3n) is 3.23. The molecule has 0 radical (unpaired) electrons. The Kier molecular flexibility index (Phi) is 5.54. The summed E-state index contributed by atoms with van der Waals surface area (Å²) in [5, 5.41) is -0.0756. The molecule has 3 nitrogen and oxygen atoms in total. The molecule has 0 saturated carbocycles.